The lowest BCUT2D eigenvalue weighted by molar-refractivity contribution is 0.0686. The third-order valence-electron chi connectivity index (χ3n) is 6.19. The number of nitrogens with zero attached hydrogens (tertiary/aromatic N) is 2. The molecule has 2 aromatic rings. The molecule has 2 aliphatic heterocycles. The van der Waals surface area contributed by atoms with E-state index in [1.807, 2.05) is 17.0 Å². The van der Waals surface area contributed by atoms with E-state index in [0.29, 0.717) is 17.4 Å². The second kappa shape index (κ2) is 9.88. The van der Waals surface area contributed by atoms with Crippen molar-refractivity contribution in [3.8, 4) is 0 Å². The van der Waals surface area contributed by atoms with Gasteiger partial charge in [0, 0.05) is 38.4 Å². The van der Waals surface area contributed by atoms with E-state index < -0.39 is 0 Å². The van der Waals surface area contributed by atoms with Crippen molar-refractivity contribution in [3.63, 3.8) is 0 Å². The summed E-state index contributed by atoms with van der Waals surface area (Å²) in [5.41, 5.74) is 2.09. The zero-order chi connectivity index (χ0) is 19.9. The standard InChI is InChI=1S/C24H31N3O2/c28-24(22-8-9-23(26-17-22)25-16-21-12-15-29-18-21)27-13-10-20(11-14-27)7-6-19-4-2-1-3-5-19/h1-5,8-9,17,20-21H,6-7,10-16,18H2,(H,25,26)/t21-/m0/s1. The fourth-order valence-corrected chi connectivity index (χ4v) is 4.24. The lowest BCUT2D eigenvalue weighted by Gasteiger charge is -2.32. The summed E-state index contributed by atoms with van der Waals surface area (Å²) in [6.45, 7) is 4.25. The smallest absolute Gasteiger partial charge is 0.255 e. The van der Waals surface area contributed by atoms with Gasteiger partial charge in [-0.2, -0.15) is 0 Å². The monoisotopic (exact) mass is 393 g/mol. The number of carbonyl (C=O) groups is 1. The van der Waals surface area contributed by atoms with E-state index in [4.69, 9.17) is 4.74 Å². The van der Waals surface area contributed by atoms with Crippen molar-refractivity contribution < 1.29 is 9.53 Å². The van der Waals surface area contributed by atoms with Gasteiger partial charge in [0.2, 0.25) is 0 Å². The number of ether oxygens (including phenoxy) is 1. The number of piperidine rings is 1. The molecule has 1 aromatic heterocycles. The number of carbonyl (C=O) groups excluding carboxylic acids is 1. The van der Waals surface area contributed by atoms with Gasteiger partial charge in [-0.25, -0.2) is 4.98 Å². The molecule has 2 aliphatic rings. The summed E-state index contributed by atoms with van der Waals surface area (Å²) >= 11 is 0. The second-order valence-electron chi connectivity index (χ2n) is 8.30. The highest BCUT2D eigenvalue weighted by Gasteiger charge is 2.23. The van der Waals surface area contributed by atoms with Crippen LogP contribution in [-0.2, 0) is 11.2 Å². The Kier molecular flexibility index (Phi) is 6.78. The maximum atomic E-state index is 12.8. The van der Waals surface area contributed by atoms with E-state index in [2.05, 4.69) is 40.6 Å². The Morgan fingerprint density at radius 3 is 2.59 bits per heavy atom. The maximum Gasteiger partial charge on any atom is 0.255 e. The number of likely N-dealkylation sites (tertiary alicyclic amines) is 1. The van der Waals surface area contributed by atoms with Gasteiger partial charge in [0.1, 0.15) is 5.82 Å². The average molecular weight is 394 g/mol. The first kappa shape index (κ1) is 19.9. The van der Waals surface area contributed by atoms with Crippen molar-refractivity contribution in [1.29, 1.82) is 0 Å². The Labute approximate surface area is 173 Å². The molecule has 0 bridgehead atoms. The van der Waals surface area contributed by atoms with Gasteiger partial charge in [-0.05, 0) is 55.7 Å². The molecule has 0 aliphatic carbocycles. The van der Waals surface area contributed by atoms with E-state index in [-0.39, 0.29) is 5.91 Å². The largest absolute Gasteiger partial charge is 0.381 e. The predicted octanol–water partition coefficient (Wildman–Crippen LogP) is 4.02. The second-order valence-corrected chi connectivity index (χ2v) is 8.30. The Morgan fingerprint density at radius 2 is 1.90 bits per heavy atom. The lowest BCUT2D eigenvalue weighted by Crippen LogP contribution is -2.38. The summed E-state index contributed by atoms with van der Waals surface area (Å²) in [6, 6.07) is 14.5. The van der Waals surface area contributed by atoms with Gasteiger partial charge in [0.05, 0.1) is 12.2 Å². The molecule has 1 amide bonds. The molecular weight excluding hydrogens is 362 g/mol. The summed E-state index contributed by atoms with van der Waals surface area (Å²) in [7, 11) is 0. The number of amides is 1. The molecule has 1 aromatic carbocycles. The molecule has 1 N–H and O–H groups in total. The molecule has 154 valence electrons. The number of pyridine rings is 1. The molecule has 2 fully saturated rings. The Bertz CT molecular complexity index is 764. The number of nitrogens with one attached hydrogen (secondary N) is 1. The Balaban J connectivity index is 1.21. The number of rotatable bonds is 7. The van der Waals surface area contributed by atoms with Gasteiger partial charge in [-0.3, -0.25) is 4.79 Å². The highest BCUT2D eigenvalue weighted by molar-refractivity contribution is 5.94. The van der Waals surface area contributed by atoms with Crippen LogP contribution >= 0.6 is 0 Å². The van der Waals surface area contributed by atoms with Crippen LogP contribution in [0.25, 0.3) is 0 Å². The predicted molar refractivity (Wildman–Crippen MR) is 115 cm³/mol. The van der Waals surface area contributed by atoms with Gasteiger partial charge >= 0.3 is 0 Å². The topological polar surface area (TPSA) is 54.5 Å². The minimum atomic E-state index is 0.106. The van der Waals surface area contributed by atoms with Gasteiger partial charge in [0.25, 0.3) is 5.91 Å². The van der Waals surface area contributed by atoms with Crippen molar-refractivity contribution in [2.75, 3.05) is 38.2 Å². The normalized spacial score (nSPS) is 20.0. The fourth-order valence-electron chi connectivity index (χ4n) is 4.24. The van der Waals surface area contributed by atoms with Crippen LogP contribution in [0.15, 0.2) is 48.7 Å². The van der Waals surface area contributed by atoms with Crippen molar-refractivity contribution in [2.24, 2.45) is 11.8 Å². The lowest BCUT2D eigenvalue weighted by atomic mass is 9.90. The average Bonchev–Trinajstić information content (AvgIpc) is 3.31. The van der Waals surface area contributed by atoms with Crippen LogP contribution in [0.2, 0.25) is 0 Å². The van der Waals surface area contributed by atoms with Gasteiger partial charge in [-0.15, -0.1) is 0 Å². The molecule has 1 atom stereocenters. The van der Waals surface area contributed by atoms with Gasteiger partial charge in [-0.1, -0.05) is 30.3 Å². The van der Waals surface area contributed by atoms with E-state index in [0.717, 1.165) is 64.3 Å². The van der Waals surface area contributed by atoms with Gasteiger partial charge in [0.15, 0.2) is 0 Å². The highest BCUT2D eigenvalue weighted by atomic mass is 16.5. The van der Waals surface area contributed by atoms with Crippen LogP contribution in [-0.4, -0.2) is 48.6 Å². The van der Waals surface area contributed by atoms with Gasteiger partial charge < -0.3 is 15.0 Å². The number of aromatic nitrogens is 1. The third kappa shape index (κ3) is 5.57. The molecule has 0 unspecified atom stereocenters. The first-order valence-corrected chi connectivity index (χ1v) is 10.9. The zero-order valence-electron chi connectivity index (χ0n) is 17.1. The van der Waals surface area contributed by atoms with Crippen LogP contribution in [0, 0.1) is 11.8 Å². The van der Waals surface area contributed by atoms with Crippen LogP contribution in [0.4, 0.5) is 5.82 Å². The van der Waals surface area contributed by atoms with E-state index in [1.54, 1.807) is 6.20 Å². The van der Waals surface area contributed by atoms with Crippen LogP contribution in [0.1, 0.15) is 41.6 Å². The fraction of sp³-hybridized carbons (Fsp3) is 0.500. The summed E-state index contributed by atoms with van der Waals surface area (Å²) in [5.74, 6) is 2.20. The SMILES string of the molecule is O=C(c1ccc(NC[C@@H]2CCOC2)nc1)N1CCC(CCc2ccccc2)CC1. The zero-order valence-corrected chi connectivity index (χ0v) is 17.1. The third-order valence-corrected chi connectivity index (χ3v) is 6.19. The first-order valence-electron chi connectivity index (χ1n) is 10.9. The van der Waals surface area contributed by atoms with Crippen molar-refractivity contribution in [3.05, 3.63) is 59.8 Å². The Morgan fingerprint density at radius 1 is 1.07 bits per heavy atom. The van der Waals surface area contributed by atoms with E-state index in [1.165, 1.54) is 12.0 Å². The molecule has 2 saturated heterocycles. The Hall–Kier alpha value is -2.40. The molecule has 3 heterocycles. The summed E-state index contributed by atoms with van der Waals surface area (Å²) in [4.78, 5) is 19.2. The quantitative estimate of drug-likeness (QED) is 0.772. The van der Waals surface area contributed by atoms with E-state index in [9.17, 15) is 4.79 Å². The van der Waals surface area contributed by atoms with Crippen LogP contribution < -0.4 is 5.32 Å². The molecule has 4 rings (SSSR count). The van der Waals surface area contributed by atoms with Crippen LogP contribution in [0.5, 0.6) is 0 Å². The molecule has 0 radical (unpaired) electrons. The summed E-state index contributed by atoms with van der Waals surface area (Å²) < 4.78 is 5.40. The summed E-state index contributed by atoms with van der Waals surface area (Å²) in [6.07, 6.45) is 7.33. The number of benzene rings is 1. The van der Waals surface area contributed by atoms with Crippen LogP contribution in [0.3, 0.4) is 0 Å². The number of aryl methyl sites for hydroxylation is 1. The van der Waals surface area contributed by atoms with Crippen molar-refractivity contribution in [1.82, 2.24) is 9.88 Å². The molecule has 5 heteroatoms. The molecule has 29 heavy (non-hydrogen) atoms. The maximum absolute atomic E-state index is 12.8. The minimum Gasteiger partial charge on any atom is -0.381 e. The van der Waals surface area contributed by atoms with Crippen molar-refractivity contribution >= 4 is 11.7 Å². The number of hydrogen-bond donors (Lipinski definition) is 1. The number of hydrogen-bond acceptors (Lipinski definition) is 4. The van der Waals surface area contributed by atoms with E-state index >= 15 is 0 Å². The molecule has 0 spiro atoms. The van der Waals surface area contributed by atoms with Crippen molar-refractivity contribution in [2.45, 2.75) is 32.1 Å². The number of anilines is 1. The summed E-state index contributed by atoms with van der Waals surface area (Å²) in [5, 5.41) is 3.35. The minimum absolute atomic E-state index is 0.106. The molecular formula is C24H31N3O2. The first-order chi connectivity index (χ1) is 14.3. The molecule has 5 nitrogen and oxygen atoms in total. The molecule has 0 saturated carbocycles. The highest BCUT2D eigenvalue weighted by Crippen LogP contribution is 2.24.